The number of rotatable bonds is 4. The third-order valence-corrected chi connectivity index (χ3v) is 5.18. The van der Waals surface area contributed by atoms with Crippen LogP contribution in [0.15, 0.2) is 27.1 Å². The highest BCUT2D eigenvalue weighted by Crippen LogP contribution is 2.30. The SMILES string of the molecule is COc1ccc(Br)c(C(=O)N2CCC(c3nnc(C(C)C)o3)CC2)c1. The second-order valence-corrected chi connectivity index (χ2v) is 7.40. The second kappa shape index (κ2) is 7.56. The molecule has 1 aliphatic rings. The maximum Gasteiger partial charge on any atom is 0.255 e. The van der Waals surface area contributed by atoms with Crippen LogP contribution in [0.1, 0.15) is 60.7 Å². The predicted octanol–water partition coefficient (Wildman–Crippen LogP) is 3.98. The van der Waals surface area contributed by atoms with E-state index in [4.69, 9.17) is 9.15 Å². The number of carbonyl (C=O) groups excluding carboxylic acids is 1. The van der Waals surface area contributed by atoms with Gasteiger partial charge in [0.2, 0.25) is 11.8 Å². The maximum atomic E-state index is 12.8. The van der Waals surface area contributed by atoms with Crippen LogP contribution in [-0.2, 0) is 0 Å². The second-order valence-electron chi connectivity index (χ2n) is 6.55. The van der Waals surface area contributed by atoms with Crippen LogP contribution >= 0.6 is 15.9 Å². The molecule has 134 valence electrons. The Kier molecular flexibility index (Phi) is 5.42. The van der Waals surface area contributed by atoms with Gasteiger partial charge >= 0.3 is 0 Å². The zero-order valence-corrected chi connectivity index (χ0v) is 16.2. The Balaban J connectivity index is 1.66. The first-order valence-electron chi connectivity index (χ1n) is 8.45. The van der Waals surface area contributed by atoms with Gasteiger partial charge < -0.3 is 14.1 Å². The van der Waals surface area contributed by atoms with Gasteiger partial charge in [-0.2, -0.15) is 0 Å². The van der Waals surface area contributed by atoms with E-state index in [0.29, 0.717) is 36.2 Å². The lowest BCUT2D eigenvalue weighted by Crippen LogP contribution is -2.38. The summed E-state index contributed by atoms with van der Waals surface area (Å²) in [7, 11) is 1.60. The zero-order valence-electron chi connectivity index (χ0n) is 14.7. The number of benzene rings is 1. The van der Waals surface area contributed by atoms with E-state index in [9.17, 15) is 4.79 Å². The van der Waals surface area contributed by atoms with Crippen LogP contribution in [-0.4, -0.2) is 41.2 Å². The predicted molar refractivity (Wildman–Crippen MR) is 97.0 cm³/mol. The number of methoxy groups -OCH3 is 1. The Hall–Kier alpha value is -1.89. The van der Waals surface area contributed by atoms with Gasteiger partial charge in [-0.3, -0.25) is 4.79 Å². The van der Waals surface area contributed by atoms with Crippen LogP contribution in [0.5, 0.6) is 5.75 Å². The molecule has 7 heteroatoms. The van der Waals surface area contributed by atoms with Gasteiger partial charge in [-0.25, -0.2) is 0 Å². The van der Waals surface area contributed by atoms with Crippen LogP contribution in [0.3, 0.4) is 0 Å². The fourth-order valence-electron chi connectivity index (χ4n) is 2.94. The van der Waals surface area contributed by atoms with E-state index in [1.165, 1.54) is 0 Å². The number of halogens is 1. The van der Waals surface area contributed by atoms with Crippen LogP contribution < -0.4 is 4.74 Å². The summed E-state index contributed by atoms with van der Waals surface area (Å²) in [6, 6.07) is 5.44. The van der Waals surface area contributed by atoms with E-state index in [-0.39, 0.29) is 17.7 Å². The van der Waals surface area contributed by atoms with E-state index in [1.807, 2.05) is 30.9 Å². The highest BCUT2D eigenvalue weighted by molar-refractivity contribution is 9.10. The summed E-state index contributed by atoms with van der Waals surface area (Å²) in [4.78, 5) is 14.7. The summed E-state index contributed by atoms with van der Waals surface area (Å²) in [6.45, 7) is 5.41. The molecule has 1 aliphatic heterocycles. The summed E-state index contributed by atoms with van der Waals surface area (Å²) in [5, 5.41) is 8.29. The summed E-state index contributed by atoms with van der Waals surface area (Å²) in [5.74, 6) is 2.50. The quantitative estimate of drug-likeness (QED) is 0.766. The van der Waals surface area contributed by atoms with Crippen molar-refractivity contribution in [2.45, 2.75) is 38.5 Å². The fraction of sp³-hybridized carbons (Fsp3) is 0.500. The number of nitrogens with zero attached hydrogens (tertiary/aromatic N) is 3. The number of likely N-dealkylation sites (tertiary alicyclic amines) is 1. The van der Waals surface area contributed by atoms with Crippen molar-refractivity contribution in [3.05, 3.63) is 40.0 Å². The molecule has 0 N–H and O–H groups in total. The van der Waals surface area contributed by atoms with Crippen molar-refractivity contribution in [3.8, 4) is 5.75 Å². The molecule has 2 aromatic rings. The standard InChI is InChI=1S/C18H22BrN3O3/c1-11(2)16-20-21-17(25-16)12-6-8-22(9-7-12)18(23)14-10-13(24-3)4-5-15(14)19/h4-5,10-12H,6-9H2,1-3H3. The van der Waals surface area contributed by atoms with Gasteiger partial charge in [0.05, 0.1) is 12.7 Å². The van der Waals surface area contributed by atoms with E-state index >= 15 is 0 Å². The molecule has 0 bridgehead atoms. The minimum Gasteiger partial charge on any atom is -0.497 e. The lowest BCUT2D eigenvalue weighted by atomic mass is 9.96. The molecule has 0 spiro atoms. The van der Waals surface area contributed by atoms with Crippen molar-refractivity contribution in [2.75, 3.05) is 20.2 Å². The molecule has 1 amide bonds. The Morgan fingerprint density at radius 1 is 1.32 bits per heavy atom. The molecule has 0 unspecified atom stereocenters. The number of ether oxygens (including phenoxy) is 1. The molecule has 1 saturated heterocycles. The van der Waals surface area contributed by atoms with Gasteiger partial charge in [0, 0.05) is 29.4 Å². The summed E-state index contributed by atoms with van der Waals surface area (Å²) >= 11 is 3.46. The van der Waals surface area contributed by atoms with Crippen LogP contribution in [0.25, 0.3) is 0 Å². The topological polar surface area (TPSA) is 68.5 Å². The number of hydrogen-bond donors (Lipinski definition) is 0. The molecular formula is C18H22BrN3O3. The molecular weight excluding hydrogens is 386 g/mol. The molecule has 1 fully saturated rings. The van der Waals surface area contributed by atoms with Gasteiger partial charge in [-0.15, -0.1) is 10.2 Å². The molecule has 1 aromatic carbocycles. The molecule has 0 saturated carbocycles. The normalized spacial score (nSPS) is 15.6. The number of carbonyl (C=O) groups is 1. The van der Waals surface area contributed by atoms with E-state index < -0.39 is 0 Å². The first kappa shape index (κ1) is 17.9. The van der Waals surface area contributed by atoms with Crippen LogP contribution in [0, 0.1) is 0 Å². The van der Waals surface area contributed by atoms with Crippen molar-refractivity contribution < 1.29 is 13.9 Å². The number of piperidine rings is 1. The highest BCUT2D eigenvalue weighted by atomic mass is 79.9. The number of aromatic nitrogens is 2. The Labute approximate surface area is 155 Å². The van der Waals surface area contributed by atoms with Crippen molar-refractivity contribution >= 4 is 21.8 Å². The van der Waals surface area contributed by atoms with Crippen molar-refractivity contribution in [2.24, 2.45) is 0 Å². The molecule has 0 aliphatic carbocycles. The summed E-state index contributed by atoms with van der Waals surface area (Å²) in [6.07, 6.45) is 1.65. The molecule has 1 aromatic heterocycles. The number of amides is 1. The first-order chi connectivity index (χ1) is 12.0. The fourth-order valence-corrected chi connectivity index (χ4v) is 3.36. The lowest BCUT2D eigenvalue weighted by molar-refractivity contribution is 0.0704. The average molecular weight is 408 g/mol. The van der Waals surface area contributed by atoms with E-state index in [0.717, 1.165) is 17.3 Å². The largest absolute Gasteiger partial charge is 0.497 e. The van der Waals surface area contributed by atoms with Gasteiger partial charge in [-0.1, -0.05) is 13.8 Å². The Morgan fingerprint density at radius 2 is 2.04 bits per heavy atom. The average Bonchev–Trinajstić information content (AvgIpc) is 3.12. The zero-order chi connectivity index (χ0) is 18.0. The van der Waals surface area contributed by atoms with Gasteiger partial charge in [0.1, 0.15) is 5.75 Å². The lowest BCUT2D eigenvalue weighted by Gasteiger charge is -2.30. The van der Waals surface area contributed by atoms with Gasteiger partial charge in [0.15, 0.2) is 0 Å². The monoisotopic (exact) mass is 407 g/mol. The Bertz CT molecular complexity index is 752. The highest BCUT2D eigenvalue weighted by Gasteiger charge is 2.29. The third-order valence-electron chi connectivity index (χ3n) is 4.49. The molecule has 2 heterocycles. The van der Waals surface area contributed by atoms with Crippen molar-refractivity contribution in [1.82, 2.24) is 15.1 Å². The van der Waals surface area contributed by atoms with Gasteiger partial charge in [-0.05, 0) is 47.0 Å². The molecule has 3 rings (SSSR count). The molecule has 0 radical (unpaired) electrons. The Morgan fingerprint density at radius 3 is 2.64 bits per heavy atom. The van der Waals surface area contributed by atoms with Gasteiger partial charge in [0.25, 0.3) is 5.91 Å². The van der Waals surface area contributed by atoms with E-state index in [2.05, 4.69) is 26.1 Å². The number of hydrogen-bond acceptors (Lipinski definition) is 5. The molecule has 0 atom stereocenters. The third kappa shape index (κ3) is 3.86. The smallest absolute Gasteiger partial charge is 0.255 e. The molecule has 25 heavy (non-hydrogen) atoms. The minimum absolute atomic E-state index is 0.0117. The minimum atomic E-state index is 0.0117. The summed E-state index contributed by atoms with van der Waals surface area (Å²) < 4.78 is 11.8. The molecule has 6 nitrogen and oxygen atoms in total. The van der Waals surface area contributed by atoms with Crippen LogP contribution in [0.2, 0.25) is 0 Å². The maximum absolute atomic E-state index is 12.8. The van der Waals surface area contributed by atoms with Crippen LogP contribution in [0.4, 0.5) is 0 Å². The van der Waals surface area contributed by atoms with Crippen molar-refractivity contribution in [1.29, 1.82) is 0 Å². The van der Waals surface area contributed by atoms with E-state index in [1.54, 1.807) is 13.2 Å². The first-order valence-corrected chi connectivity index (χ1v) is 9.25. The van der Waals surface area contributed by atoms with Crippen molar-refractivity contribution in [3.63, 3.8) is 0 Å². The summed E-state index contributed by atoms with van der Waals surface area (Å²) in [5.41, 5.74) is 0.623.